The second-order valence-corrected chi connectivity index (χ2v) is 4.31. The fourth-order valence-electron chi connectivity index (χ4n) is 2.04. The average Bonchev–Trinajstić information content (AvgIpc) is 2.31. The summed E-state index contributed by atoms with van der Waals surface area (Å²) >= 11 is 0. The molecule has 0 radical (unpaired) electrons. The summed E-state index contributed by atoms with van der Waals surface area (Å²) in [7, 11) is 0. The van der Waals surface area contributed by atoms with Crippen molar-refractivity contribution in [3.63, 3.8) is 0 Å². The van der Waals surface area contributed by atoms with Crippen LogP contribution >= 0.6 is 0 Å². The van der Waals surface area contributed by atoms with E-state index in [1.54, 1.807) is 0 Å². The average molecular weight is 253 g/mol. The highest BCUT2D eigenvalue weighted by atomic mass is 16.3. The molecular formula is C10H19N7O. The van der Waals surface area contributed by atoms with Crippen LogP contribution in [-0.4, -0.2) is 69.2 Å². The molecule has 100 valence electrons. The summed E-state index contributed by atoms with van der Waals surface area (Å²) in [6, 6.07) is 0. The number of β-amino-alcohol motifs (C(OH)–C–C–N with tert-alkyl or cyclic N) is 1. The number of aromatic nitrogens is 3. The lowest BCUT2D eigenvalue weighted by Crippen LogP contribution is -2.46. The molecule has 2 rings (SSSR count). The molecule has 0 unspecified atom stereocenters. The fourth-order valence-corrected chi connectivity index (χ4v) is 2.04. The van der Waals surface area contributed by atoms with E-state index in [0.717, 1.165) is 32.7 Å². The number of nitrogens with zero attached hydrogens (tertiary/aromatic N) is 5. The molecule has 1 fully saturated rings. The third-order valence-electron chi connectivity index (χ3n) is 2.96. The molecule has 8 heteroatoms. The highest BCUT2D eigenvalue weighted by Crippen LogP contribution is 2.06. The summed E-state index contributed by atoms with van der Waals surface area (Å²) in [6.45, 7) is 5.30. The smallest absolute Gasteiger partial charge is 0.225 e. The Morgan fingerprint density at radius 2 is 1.50 bits per heavy atom. The maximum absolute atomic E-state index is 8.87. The van der Waals surface area contributed by atoms with Gasteiger partial charge in [-0.1, -0.05) is 0 Å². The number of rotatable bonds is 4. The first kappa shape index (κ1) is 12.9. The Labute approximate surface area is 106 Å². The van der Waals surface area contributed by atoms with Crippen molar-refractivity contribution in [1.82, 2.24) is 24.8 Å². The number of nitrogen functional groups attached to an aromatic ring is 2. The number of aliphatic hydroxyl groups is 1. The van der Waals surface area contributed by atoms with E-state index in [2.05, 4.69) is 24.8 Å². The Balaban J connectivity index is 1.87. The summed E-state index contributed by atoms with van der Waals surface area (Å²) < 4.78 is 0. The van der Waals surface area contributed by atoms with Crippen LogP contribution in [0.15, 0.2) is 0 Å². The Kier molecular flexibility index (Phi) is 4.24. The Bertz CT molecular complexity index is 372. The summed E-state index contributed by atoms with van der Waals surface area (Å²) in [6.07, 6.45) is 0. The monoisotopic (exact) mass is 253 g/mol. The van der Waals surface area contributed by atoms with E-state index >= 15 is 0 Å². The number of hydrogen-bond donors (Lipinski definition) is 3. The van der Waals surface area contributed by atoms with Gasteiger partial charge < -0.3 is 16.6 Å². The molecule has 0 saturated carbocycles. The van der Waals surface area contributed by atoms with Gasteiger partial charge in [-0.2, -0.15) is 15.0 Å². The molecule has 1 aliphatic rings. The van der Waals surface area contributed by atoms with Crippen LogP contribution in [0.25, 0.3) is 0 Å². The third kappa shape index (κ3) is 3.49. The van der Waals surface area contributed by atoms with Crippen molar-refractivity contribution >= 4 is 11.9 Å². The first-order valence-corrected chi connectivity index (χ1v) is 5.99. The van der Waals surface area contributed by atoms with Crippen LogP contribution in [0.3, 0.4) is 0 Å². The largest absolute Gasteiger partial charge is 0.395 e. The van der Waals surface area contributed by atoms with Crippen molar-refractivity contribution in [2.45, 2.75) is 6.54 Å². The summed E-state index contributed by atoms with van der Waals surface area (Å²) in [5.74, 6) is 0.934. The number of hydrogen-bond acceptors (Lipinski definition) is 8. The first-order valence-electron chi connectivity index (χ1n) is 5.99. The number of piperazine rings is 1. The maximum atomic E-state index is 8.87. The SMILES string of the molecule is Nc1nc(N)nc(CN2CCN(CCO)CC2)n1. The van der Waals surface area contributed by atoms with E-state index in [-0.39, 0.29) is 18.5 Å². The molecule has 0 bridgehead atoms. The molecule has 0 aromatic carbocycles. The first-order chi connectivity index (χ1) is 8.67. The molecule has 1 aromatic rings. The molecule has 0 atom stereocenters. The van der Waals surface area contributed by atoms with Gasteiger partial charge in [0.15, 0.2) is 0 Å². The molecule has 0 aliphatic carbocycles. The standard InChI is InChI=1S/C10H19N7O/c11-9-13-8(14-10(12)15-9)7-17-3-1-16(2-4-17)5-6-18/h18H,1-7H2,(H4,11,12,13,14,15). The molecule has 1 saturated heterocycles. The minimum absolute atomic E-state index is 0.163. The lowest BCUT2D eigenvalue weighted by Gasteiger charge is -2.33. The minimum Gasteiger partial charge on any atom is -0.395 e. The zero-order chi connectivity index (χ0) is 13.0. The van der Waals surface area contributed by atoms with Crippen LogP contribution in [-0.2, 0) is 6.54 Å². The van der Waals surface area contributed by atoms with E-state index in [1.165, 1.54) is 0 Å². The van der Waals surface area contributed by atoms with Crippen LogP contribution < -0.4 is 11.5 Å². The minimum atomic E-state index is 0.163. The maximum Gasteiger partial charge on any atom is 0.225 e. The van der Waals surface area contributed by atoms with Gasteiger partial charge in [-0.15, -0.1) is 0 Å². The second-order valence-electron chi connectivity index (χ2n) is 4.31. The van der Waals surface area contributed by atoms with E-state index in [0.29, 0.717) is 12.4 Å². The summed E-state index contributed by atoms with van der Waals surface area (Å²) in [5, 5.41) is 8.87. The highest BCUT2D eigenvalue weighted by molar-refractivity contribution is 5.25. The van der Waals surface area contributed by atoms with Crippen molar-refractivity contribution in [1.29, 1.82) is 0 Å². The molecular weight excluding hydrogens is 234 g/mol. The van der Waals surface area contributed by atoms with Crippen LogP contribution in [0.2, 0.25) is 0 Å². The van der Waals surface area contributed by atoms with E-state index < -0.39 is 0 Å². The molecule has 8 nitrogen and oxygen atoms in total. The van der Waals surface area contributed by atoms with E-state index in [1.807, 2.05) is 0 Å². The molecule has 0 spiro atoms. The molecule has 0 amide bonds. The van der Waals surface area contributed by atoms with E-state index in [4.69, 9.17) is 16.6 Å². The van der Waals surface area contributed by atoms with Gasteiger partial charge in [-0.3, -0.25) is 9.80 Å². The quantitative estimate of drug-likeness (QED) is 0.572. The normalized spacial score (nSPS) is 18.1. The lowest BCUT2D eigenvalue weighted by atomic mass is 10.3. The molecule has 2 heterocycles. The second kappa shape index (κ2) is 5.89. The lowest BCUT2D eigenvalue weighted by molar-refractivity contribution is 0.107. The van der Waals surface area contributed by atoms with Gasteiger partial charge in [-0.05, 0) is 0 Å². The van der Waals surface area contributed by atoms with Gasteiger partial charge in [0, 0.05) is 32.7 Å². The van der Waals surface area contributed by atoms with Crippen molar-refractivity contribution in [2.24, 2.45) is 0 Å². The van der Waals surface area contributed by atoms with Crippen LogP contribution in [0.1, 0.15) is 5.82 Å². The van der Waals surface area contributed by atoms with Gasteiger partial charge in [0.1, 0.15) is 5.82 Å². The Morgan fingerprint density at radius 1 is 0.944 bits per heavy atom. The Morgan fingerprint density at radius 3 is 2.06 bits per heavy atom. The van der Waals surface area contributed by atoms with E-state index in [9.17, 15) is 0 Å². The highest BCUT2D eigenvalue weighted by Gasteiger charge is 2.17. The zero-order valence-corrected chi connectivity index (χ0v) is 10.3. The number of anilines is 2. The molecule has 18 heavy (non-hydrogen) atoms. The molecule has 1 aromatic heterocycles. The third-order valence-corrected chi connectivity index (χ3v) is 2.96. The van der Waals surface area contributed by atoms with Crippen LogP contribution in [0, 0.1) is 0 Å². The number of nitrogens with two attached hydrogens (primary N) is 2. The summed E-state index contributed by atoms with van der Waals surface area (Å²) in [4.78, 5) is 16.3. The predicted molar refractivity (Wildman–Crippen MR) is 67.5 cm³/mol. The summed E-state index contributed by atoms with van der Waals surface area (Å²) in [5.41, 5.74) is 11.1. The molecule has 1 aliphatic heterocycles. The Hall–Kier alpha value is -1.51. The van der Waals surface area contributed by atoms with Crippen LogP contribution in [0.5, 0.6) is 0 Å². The van der Waals surface area contributed by atoms with Crippen molar-refractivity contribution in [2.75, 3.05) is 50.8 Å². The van der Waals surface area contributed by atoms with Crippen molar-refractivity contribution in [3.8, 4) is 0 Å². The fraction of sp³-hybridized carbons (Fsp3) is 0.700. The van der Waals surface area contributed by atoms with Crippen molar-refractivity contribution in [3.05, 3.63) is 5.82 Å². The number of aliphatic hydroxyl groups excluding tert-OH is 1. The van der Waals surface area contributed by atoms with Gasteiger partial charge in [0.2, 0.25) is 11.9 Å². The van der Waals surface area contributed by atoms with Crippen molar-refractivity contribution < 1.29 is 5.11 Å². The topological polar surface area (TPSA) is 117 Å². The predicted octanol–water partition coefficient (Wildman–Crippen LogP) is -1.85. The molecule has 5 N–H and O–H groups in total. The van der Waals surface area contributed by atoms with Gasteiger partial charge in [0.25, 0.3) is 0 Å². The van der Waals surface area contributed by atoms with Gasteiger partial charge >= 0.3 is 0 Å². The van der Waals surface area contributed by atoms with Crippen LogP contribution in [0.4, 0.5) is 11.9 Å². The van der Waals surface area contributed by atoms with Gasteiger partial charge in [-0.25, -0.2) is 0 Å². The van der Waals surface area contributed by atoms with Gasteiger partial charge in [0.05, 0.1) is 13.2 Å². The zero-order valence-electron chi connectivity index (χ0n) is 10.3.